The smallest absolute Gasteiger partial charge is 0.316 e. The highest BCUT2D eigenvalue weighted by atomic mass is 16.5. The summed E-state index contributed by atoms with van der Waals surface area (Å²) in [6.07, 6.45) is 4.10. The third kappa shape index (κ3) is 4.76. The number of carbonyl (C=O) groups is 1. The summed E-state index contributed by atoms with van der Waals surface area (Å²) in [4.78, 5) is 19.7. The highest BCUT2D eigenvalue weighted by Crippen LogP contribution is 2.37. The average Bonchev–Trinajstić information content (AvgIpc) is 3.06. The van der Waals surface area contributed by atoms with E-state index in [1.54, 1.807) is 12.4 Å². The second-order valence-corrected chi connectivity index (χ2v) is 7.02. The van der Waals surface area contributed by atoms with Gasteiger partial charge in [-0.25, -0.2) is 9.97 Å². The number of hydrogen-bond acceptors (Lipinski definition) is 7. The first-order chi connectivity index (χ1) is 14.4. The summed E-state index contributed by atoms with van der Waals surface area (Å²) in [7, 11) is 0. The average molecular weight is 410 g/mol. The molecule has 0 aliphatic heterocycles. The van der Waals surface area contributed by atoms with Gasteiger partial charge in [0.15, 0.2) is 0 Å². The Bertz CT molecular complexity index is 995. The van der Waals surface area contributed by atoms with E-state index in [2.05, 4.69) is 20.4 Å². The van der Waals surface area contributed by atoms with E-state index in [1.165, 1.54) is 0 Å². The topological polar surface area (TPSA) is 110 Å². The molecule has 0 saturated heterocycles. The Labute approximate surface area is 175 Å². The van der Waals surface area contributed by atoms with Gasteiger partial charge >= 0.3 is 12.0 Å². The predicted octanol–water partition coefficient (Wildman–Crippen LogP) is 4.86. The minimum atomic E-state index is -0.814. The Balaban J connectivity index is 2.03. The van der Waals surface area contributed by atoms with Gasteiger partial charge in [0, 0.05) is 16.8 Å². The normalized spacial score (nSPS) is 11.9. The molecule has 0 bridgehead atoms. The van der Waals surface area contributed by atoms with Crippen molar-refractivity contribution in [1.29, 1.82) is 0 Å². The van der Waals surface area contributed by atoms with E-state index >= 15 is 0 Å². The van der Waals surface area contributed by atoms with Crippen LogP contribution in [0.3, 0.4) is 0 Å². The molecule has 1 atom stereocenters. The lowest BCUT2D eigenvalue weighted by Crippen LogP contribution is -2.06. The molecule has 0 aliphatic carbocycles. The van der Waals surface area contributed by atoms with E-state index in [9.17, 15) is 9.90 Å². The molecular formula is C22H26N4O4. The van der Waals surface area contributed by atoms with E-state index in [0.717, 1.165) is 34.5 Å². The summed E-state index contributed by atoms with van der Waals surface area (Å²) in [6.45, 7) is 8.11. The molecule has 2 aromatic heterocycles. The van der Waals surface area contributed by atoms with Crippen LogP contribution in [-0.4, -0.2) is 32.8 Å². The van der Waals surface area contributed by atoms with Gasteiger partial charge in [0.25, 0.3) is 0 Å². The van der Waals surface area contributed by atoms with E-state index in [-0.39, 0.29) is 12.3 Å². The first-order valence-corrected chi connectivity index (χ1v) is 9.93. The fourth-order valence-electron chi connectivity index (χ4n) is 3.45. The summed E-state index contributed by atoms with van der Waals surface area (Å²) in [5.74, 6) is -0.187. The fourth-order valence-corrected chi connectivity index (χ4v) is 3.45. The van der Waals surface area contributed by atoms with Crippen LogP contribution in [0.2, 0.25) is 0 Å². The Kier molecular flexibility index (Phi) is 6.66. The van der Waals surface area contributed by atoms with Crippen molar-refractivity contribution >= 4 is 17.3 Å². The minimum absolute atomic E-state index is 0.0762. The summed E-state index contributed by atoms with van der Waals surface area (Å²) < 4.78 is 10.7. The van der Waals surface area contributed by atoms with E-state index in [1.807, 2.05) is 45.9 Å². The van der Waals surface area contributed by atoms with Crippen LogP contribution in [0.15, 0.2) is 35.1 Å². The lowest BCUT2D eigenvalue weighted by molar-refractivity contribution is -0.137. The van der Waals surface area contributed by atoms with E-state index in [0.29, 0.717) is 24.1 Å². The highest BCUT2D eigenvalue weighted by molar-refractivity contribution is 5.83. The first kappa shape index (κ1) is 21.3. The molecule has 0 radical (unpaired) electrons. The van der Waals surface area contributed by atoms with Crippen LogP contribution in [0.4, 0.5) is 11.4 Å². The fraction of sp³-hybridized carbons (Fsp3) is 0.364. The summed E-state index contributed by atoms with van der Waals surface area (Å²) in [5, 5.41) is 16.7. The van der Waals surface area contributed by atoms with Gasteiger partial charge in [-0.2, -0.15) is 0 Å². The Morgan fingerprint density at radius 2 is 1.97 bits per heavy atom. The number of anilines is 2. The zero-order valence-corrected chi connectivity index (χ0v) is 17.6. The molecule has 2 N–H and O–H groups in total. The molecule has 2 heterocycles. The molecular weight excluding hydrogens is 384 g/mol. The quantitative estimate of drug-likeness (QED) is 0.515. The molecule has 0 amide bonds. The Hall–Kier alpha value is -3.42. The van der Waals surface area contributed by atoms with Crippen LogP contribution in [0, 0.1) is 13.8 Å². The van der Waals surface area contributed by atoms with Crippen LogP contribution in [-0.2, 0) is 4.79 Å². The van der Waals surface area contributed by atoms with Gasteiger partial charge in [0.05, 0.1) is 36.8 Å². The number of aryl methyl sites for hydroxylation is 2. The van der Waals surface area contributed by atoms with Crippen LogP contribution < -0.4 is 10.1 Å². The third-order valence-corrected chi connectivity index (χ3v) is 4.91. The number of hydrogen-bond donors (Lipinski definition) is 2. The molecule has 30 heavy (non-hydrogen) atoms. The van der Waals surface area contributed by atoms with Gasteiger partial charge in [0.2, 0.25) is 0 Å². The van der Waals surface area contributed by atoms with Crippen molar-refractivity contribution in [1.82, 2.24) is 15.1 Å². The molecule has 0 aliphatic rings. The molecule has 1 aromatic carbocycles. The zero-order valence-electron chi connectivity index (χ0n) is 17.6. The van der Waals surface area contributed by atoms with Gasteiger partial charge < -0.3 is 19.7 Å². The van der Waals surface area contributed by atoms with Crippen LogP contribution in [0.25, 0.3) is 11.1 Å². The van der Waals surface area contributed by atoms with Crippen molar-refractivity contribution < 1.29 is 19.2 Å². The Morgan fingerprint density at radius 1 is 1.23 bits per heavy atom. The number of nitrogens with zero attached hydrogens (tertiary/aromatic N) is 3. The molecule has 3 aromatic rings. The predicted molar refractivity (Wildman–Crippen MR) is 113 cm³/mol. The number of rotatable bonds is 9. The van der Waals surface area contributed by atoms with Crippen molar-refractivity contribution in [3.63, 3.8) is 0 Å². The van der Waals surface area contributed by atoms with Crippen molar-refractivity contribution in [3.05, 3.63) is 47.6 Å². The maximum Gasteiger partial charge on any atom is 0.316 e. The molecule has 8 heteroatoms. The lowest BCUT2D eigenvalue weighted by Gasteiger charge is -2.18. The SMILES string of the molecule is CCOc1ncc(Nc2cc([C@H](CC)CC(=O)O)ccc2-c2c(C)noc2C)cn1. The zero-order chi connectivity index (χ0) is 21.7. The van der Waals surface area contributed by atoms with Crippen molar-refractivity contribution in [2.24, 2.45) is 0 Å². The van der Waals surface area contributed by atoms with Gasteiger partial charge in [0.1, 0.15) is 5.76 Å². The maximum absolute atomic E-state index is 11.3. The second-order valence-electron chi connectivity index (χ2n) is 7.02. The maximum atomic E-state index is 11.3. The molecule has 158 valence electrons. The van der Waals surface area contributed by atoms with Crippen molar-refractivity contribution in [3.8, 4) is 17.1 Å². The highest BCUT2D eigenvalue weighted by Gasteiger charge is 2.19. The van der Waals surface area contributed by atoms with Gasteiger partial charge in [-0.3, -0.25) is 4.79 Å². The van der Waals surface area contributed by atoms with Gasteiger partial charge in [-0.1, -0.05) is 24.2 Å². The minimum Gasteiger partial charge on any atom is -0.481 e. The van der Waals surface area contributed by atoms with Crippen molar-refractivity contribution in [2.75, 3.05) is 11.9 Å². The molecule has 3 rings (SSSR count). The van der Waals surface area contributed by atoms with Gasteiger partial charge in [-0.15, -0.1) is 0 Å². The standard InChI is InChI=1S/C22H26N4O4/c1-5-15(10-20(27)28)16-7-8-18(21-13(3)26-30-14(21)4)19(9-16)25-17-11-23-22(24-12-17)29-6-2/h7-9,11-12,15,25H,5-6,10H2,1-4H3,(H,27,28)/t15-/m1/s1. The lowest BCUT2D eigenvalue weighted by atomic mass is 9.90. The van der Waals surface area contributed by atoms with Crippen molar-refractivity contribution in [2.45, 2.75) is 46.5 Å². The number of ether oxygens (including phenoxy) is 1. The number of aromatic nitrogens is 3. The number of nitrogens with one attached hydrogen (secondary N) is 1. The second kappa shape index (κ2) is 9.39. The van der Waals surface area contributed by atoms with Crippen LogP contribution in [0.1, 0.15) is 49.6 Å². The monoisotopic (exact) mass is 410 g/mol. The first-order valence-electron chi connectivity index (χ1n) is 9.93. The number of aliphatic carboxylic acids is 1. The Morgan fingerprint density at radius 3 is 2.53 bits per heavy atom. The summed E-state index contributed by atoms with van der Waals surface area (Å²) >= 11 is 0. The number of benzene rings is 1. The van der Waals surface area contributed by atoms with E-state index < -0.39 is 5.97 Å². The largest absolute Gasteiger partial charge is 0.481 e. The van der Waals surface area contributed by atoms with Crippen LogP contribution >= 0.6 is 0 Å². The molecule has 0 unspecified atom stereocenters. The molecule has 0 saturated carbocycles. The molecule has 8 nitrogen and oxygen atoms in total. The summed E-state index contributed by atoms with van der Waals surface area (Å²) in [5.41, 5.74) is 5.04. The summed E-state index contributed by atoms with van der Waals surface area (Å²) in [6, 6.07) is 6.24. The third-order valence-electron chi connectivity index (χ3n) is 4.91. The van der Waals surface area contributed by atoms with E-state index in [4.69, 9.17) is 9.26 Å². The molecule has 0 spiro atoms. The van der Waals surface area contributed by atoms with Gasteiger partial charge in [-0.05, 0) is 44.7 Å². The molecule has 0 fully saturated rings. The number of carboxylic acid groups (broad SMARTS) is 1. The van der Waals surface area contributed by atoms with Crippen LogP contribution in [0.5, 0.6) is 6.01 Å². The number of carboxylic acids is 1.